The van der Waals surface area contributed by atoms with E-state index in [0.717, 1.165) is 16.4 Å². The van der Waals surface area contributed by atoms with Gasteiger partial charge in [0.1, 0.15) is 6.54 Å². The van der Waals surface area contributed by atoms with Crippen LogP contribution in [-0.4, -0.2) is 22.0 Å². The Balaban J connectivity index is 1.46. The largest absolute Gasteiger partial charge is 0.408 e. The Labute approximate surface area is 136 Å². The van der Waals surface area contributed by atoms with E-state index in [1.807, 2.05) is 12.1 Å². The Morgan fingerprint density at radius 3 is 2.58 bits per heavy atom. The van der Waals surface area contributed by atoms with Crippen molar-refractivity contribution in [1.29, 1.82) is 0 Å². The lowest BCUT2D eigenvalue weighted by molar-refractivity contribution is -0.142. The first-order valence-electron chi connectivity index (χ1n) is 7.62. The first-order chi connectivity index (χ1) is 11.4. The fourth-order valence-corrected chi connectivity index (χ4v) is 2.38. The van der Waals surface area contributed by atoms with E-state index in [0.29, 0.717) is 12.5 Å². The monoisotopic (exact) mass is 338 g/mol. The zero-order valence-corrected chi connectivity index (χ0v) is 12.8. The van der Waals surface area contributed by atoms with Crippen LogP contribution in [0.2, 0.25) is 0 Å². The number of anilines is 1. The molecule has 0 aliphatic heterocycles. The molecule has 24 heavy (non-hydrogen) atoms. The van der Waals surface area contributed by atoms with E-state index >= 15 is 0 Å². The Bertz CT molecular complexity index is 705. The van der Waals surface area contributed by atoms with Gasteiger partial charge in [-0.1, -0.05) is 24.3 Å². The first kappa shape index (κ1) is 16.4. The van der Waals surface area contributed by atoms with Crippen LogP contribution >= 0.6 is 0 Å². The van der Waals surface area contributed by atoms with Gasteiger partial charge in [0.15, 0.2) is 0 Å². The molecule has 128 valence electrons. The Kier molecular flexibility index (Phi) is 4.46. The third-order valence-corrected chi connectivity index (χ3v) is 3.71. The standard InChI is InChI=1S/C16H17F3N4O/c17-16(18,19)10-23-9-14(8-21-23)22-15(24)20-7-11-1-3-12(4-2-11)13-5-6-13/h1-4,8-9,13H,5-7,10H2,(H2,20,22,24). The summed E-state index contributed by atoms with van der Waals surface area (Å²) in [5.41, 5.74) is 2.49. The molecule has 2 amide bonds. The second-order valence-electron chi connectivity index (χ2n) is 5.87. The molecule has 1 aliphatic rings. The van der Waals surface area contributed by atoms with E-state index in [1.54, 1.807) is 0 Å². The number of rotatable bonds is 5. The number of urea groups is 1. The van der Waals surface area contributed by atoms with Crippen molar-refractivity contribution in [3.8, 4) is 0 Å². The molecule has 0 bridgehead atoms. The molecule has 0 atom stereocenters. The van der Waals surface area contributed by atoms with Crippen LogP contribution in [0.25, 0.3) is 0 Å². The molecule has 0 spiro atoms. The highest BCUT2D eigenvalue weighted by atomic mass is 19.4. The third kappa shape index (κ3) is 4.74. The molecule has 2 N–H and O–H groups in total. The number of halogens is 3. The highest BCUT2D eigenvalue weighted by Gasteiger charge is 2.28. The molecular formula is C16H17F3N4O. The molecule has 1 aromatic carbocycles. The van der Waals surface area contributed by atoms with Crippen molar-refractivity contribution in [3.63, 3.8) is 0 Å². The molecule has 5 nitrogen and oxygen atoms in total. The van der Waals surface area contributed by atoms with Crippen LogP contribution in [0.1, 0.15) is 29.9 Å². The summed E-state index contributed by atoms with van der Waals surface area (Å²) in [5.74, 6) is 0.684. The Hall–Kier alpha value is -2.51. The lowest BCUT2D eigenvalue weighted by atomic mass is 10.1. The summed E-state index contributed by atoms with van der Waals surface area (Å²) in [6.45, 7) is -0.850. The highest BCUT2D eigenvalue weighted by molar-refractivity contribution is 5.88. The van der Waals surface area contributed by atoms with Crippen molar-refractivity contribution in [2.24, 2.45) is 0 Å². The molecule has 1 heterocycles. The molecular weight excluding hydrogens is 321 g/mol. The molecule has 0 unspecified atom stereocenters. The minimum Gasteiger partial charge on any atom is -0.334 e. The van der Waals surface area contributed by atoms with Gasteiger partial charge in [-0.15, -0.1) is 0 Å². The Morgan fingerprint density at radius 2 is 1.96 bits per heavy atom. The summed E-state index contributed by atoms with van der Waals surface area (Å²) in [6.07, 6.45) is 0.440. The van der Waals surface area contributed by atoms with Gasteiger partial charge in [0.2, 0.25) is 0 Å². The smallest absolute Gasteiger partial charge is 0.334 e. The van der Waals surface area contributed by atoms with E-state index in [9.17, 15) is 18.0 Å². The van der Waals surface area contributed by atoms with Crippen LogP contribution < -0.4 is 10.6 Å². The maximum absolute atomic E-state index is 12.2. The van der Waals surface area contributed by atoms with Crippen LogP contribution in [0.4, 0.5) is 23.7 Å². The summed E-state index contributed by atoms with van der Waals surface area (Å²) in [6, 6.07) is 7.57. The van der Waals surface area contributed by atoms with Gasteiger partial charge in [0.05, 0.1) is 11.9 Å². The number of carbonyl (C=O) groups is 1. The lowest BCUT2D eigenvalue weighted by Crippen LogP contribution is -2.28. The zero-order valence-electron chi connectivity index (χ0n) is 12.8. The van der Waals surface area contributed by atoms with Crippen LogP contribution in [0, 0.1) is 0 Å². The van der Waals surface area contributed by atoms with E-state index in [2.05, 4.69) is 27.9 Å². The number of hydrogen-bond donors (Lipinski definition) is 2. The fourth-order valence-electron chi connectivity index (χ4n) is 2.38. The van der Waals surface area contributed by atoms with E-state index in [4.69, 9.17) is 0 Å². The molecule has 8 heteroatoms. The lowest BCUT2D eigenvalue weighted by Gasteiger charge is -2.07. The fraction of sp³-hybridized carbons (Fsp3) is 0.375. The Morgan fingerprint density at radius 1 is 1.25 bits per heavy atom. The van der Waals surface area contributed by atoms with E-state index in [-0.39, 0.29) is 5.69 Å². The molecule has 1 aliphatic carbocycles. The maximum atomic E-state index is 12.2. The van der Waals surface area contributed by atoms with Crippen LogP contribution in [0.3, 0.4) is 0 Å². The molecule has 1 aromatic heterocycles. The summed E-state index contributed by atoms with van der Waals surface area (Å²) in [4.78, 5) is 11.8. The number of amides is 2. The molecule has 0 radical (unpaired) electrons. The summed E-state index contributed by atoms with van der Waals surface area (Å²) in [7, 11) is 0. The zero-order chi connectivity index (χ0) is 17.2. The molecule has 0 saturated heterocycles. The average molecular weight is 338 g/mol. The van der Waals surface area contributed by atoms with Gasteiger partial charge < -0.3 is 10.6 Å². The number of benzene rings is 1. The number of hydrogen-bond acceptors (Lipinski definition) is 2. The second kappa shape index (κ2) is 6.54. The third-order valence-electron chi connectivity index (χ3n) is 3.71. The number of aromatic nitrogens is 2. The topological polar surface area (TPSA) is 59.0 Å². The molecule has 2 aromatic rings. The highest BCUT2D eigenvalue weighted by Crippen LogP contribution is 2.39. The number of carbonyl (C=O) groups excluding carboxylic acids is 1. The number of nitrogens with zero attached hydrogens (tertiary/aromatic N) is 2. The number of nitrogens with one attached hydrogen (secondary N) is 2. The van der Waals surface area contributed by atoms with E-state index in [1.165, 1.54) is 24.6 Å². The van der Waals surface area contributed by atoms with Gasteiger partial charge in [0, 0.05) is 12.7 Å². The second-order valence-corrected chi connectivity index (χ2v) is 5.87. The van der Waals surface area contributed by atoms with E-state index < -0.39 is 18.8 Å². The van der Waals surface area contributed by atoms with Gasteiger partial charge >= 0.3 is 12.2 Å². The minimum absolute atomic E-state index is 0.209. The predicted molar refractivity (Wildman–Crippen MR) is 82.6 cm³/mol. The predicted octanol–water partition coefficient (Wildman–Crippen LogP) is 3.64. The quantitative estimate of drug-likeness (QED) is 0.874. The van der Waals surface area contributed by atoms with Crippen LogP contribution in [0.15, 0.2) is 36.7 Å². The van der Waals surface area contributed by atoms with Crippen molar-refractivity contribution < 1.29 is 18.0 Å². The summed E-state index contributed by atoms with van der Waals surface area (Å²) < 4.78 is 37.5. The van der Waals surface area contributed by atoms with Crippen molar-refractivity contribution in [1.82, 2.24) is 15.1 Å². The number of alkyl halides is 3. The SMILES string of the molecule is O=C(NCc1ccc(C2CC2)cc1)Nc1cnn(CC(F)(F)F)c1. The maximum Gasteiger partial charge on any atom is 0.408 e. The van der Waals surface area contributed by atoms with Gasteiger partial charge in [-0.2, -0.15) is 18.3 Å². The van der Waals surface area contributed by atoms with Crippen molar-refractivity contribution in [2.75, 3.05) is 5.32 Å². The minimum atomic E-state index is -4.35. The van der Waals surface area contributed by atoms with Crippen molar-refractivity contribution >= 4 is 11.7 Å². The molecule has 1 saturated carbocycles. The molecule has 1 fully saturated rings. The first-order valence-corrected chi connectivity index (χ1v) is 7.62. The normalized spacial score (nSPS) is 14.5. The average Bonchev–Trinajstić information content (AvgIpc) is 3.27. The van der Waals surface area contributed by atoms with Crippen LogP contribution in [0.5, 0.6) is 0 Å². The van der Waals surface area contributed by atoms with Crippen molar-refractivity contribution in [3.05, 3.63) is 47.8 Å². The summed E-state index contributed by atoms with van der Waals surface area (Å²) in [5, 5.41) is 8.68. The van der Waals surface area contributed by atoms with Crippen LogP contribution in [-0.2, 0) is 13.1 Å². The van der Waals surface area contributed by atoms with Gasteiger partial charge in [-0.05, 0) is 29.9 Å². The van der Waals surface area contributed by atoms with Crippen molar-refractivity contribution in [2.45, 2.75) is 38.0 Å². The van der Waals surface area contributed by atoms with Gasteiger partial charge in [-0.25, -0.2) is 4.79 Å². The van der Waals surface area contributed by atoms with Gasteiger partial charge in [-0.3, -0.25) is 4.68 Å². The van der Waals surface area contributed by atoms with Gasteiger partial charge in [0.25, 0.3) is 0 Å². The molecule has 3 rings (SSSR count). The summed E-state index contributed by atoms with van der Waals surface area (Å²) >= 11 is 0.